The van der Waals surface area contributed by atoms with Crippen LogP contribution in [0.1, 0.15) is 11.5 Å². The second-order valence-corrected chi connectivity index (χ2v) is 4.06. The van der Waals surface area contributed by atoms with Crippen molar-refractivity contribution in [3.8, 4) is 5.82 Å². The topological polar surface area (TPSA) is 35.1 Å². The fraction of sp³-hybridized carbons (Fsp3) is 0.167. The number of alkyl halides is 1. The highest BCUT2D eigenvalue weighted by Gasteiger charge is 2.13. The van der Waals surface area contributed by atoms with Gasteiger partial charge in [0.1, 0.15) is 11.5 Å². The zero-order valence-electron chi connectivity index (χ0n) is 9.34. The molecule has 0 saturated carbocycles. The first-order valence-electron chi connectivity index (χ1n) is 5.33. The Hall–Kier alpha value is -1.81. The second kappa shape index (κ2) is 3.89. The van der Waals surface area contributed by atoms with Crippen LogP contribution in [0.5, 0.6) is 0 Å². The van der Waals surface area contributed by atoms with E-state index in [1.54, 1.807) is 6.20 Å². The lowest BCUT2D eigenvalue weighted by Gasteiger charge is -2.03. The van der Waals surface area contributed by atoms with Gasteiger partial charge < -0.3 is 4.40 Å². The van der Waals surface area contributed by atoms with E-state index >= 15 is 0 Å². The number of fused-ring (bicyclic) bond motifs is 1. The summed E-state index contributed by atoms with van der Waals surface area (Å²) in [4.78, 5) is 8.80. The van der Waals surface area contributed by atoms with Crippen LogP contribution < -0.4 is 0 Å². The molecule has 3 rings (SSSR count). The molecule has 0 fully saturated rings. The summed E-state index contributed by atoms with van der Waals surface area (Å²) in [6.45, 7) is 1.95. The van der Waals surface area contributed by atoms with Gasteiger partial charge in [0.05, 0.1) is 11.6 Å². The fourth-order valence-electron chi connectivity index (χ4n) is 1.95. The molecule has 0 saturated heterocycles. The standard InChI is InChI=1S/C12H11ClN4/c1-9-14-5-7-16(9)12-10(8-13)17-6-3-2-4-11(17)15-12/h2-7H,8H2,1H3. The molecule has 0 aromatic carbocycles. The smallest absolute Gasteiger partial charge is 0.161 e. The Morgan fingerprint density at radius 3 is 2.88 bits per heavy atom. The van der Waals surface area contributed by atoms with Crippen molar-refractivity contribution in [3.63, 3.8) is 0 Å². The molecule has 3 aromatic heterocycles. The minimum atomic E-state index is 0.415. The predicted molar refractivity (Wildman–Crippen MR) is 66.6 cm³/mol. The molecule has 0 aliphatic carbocycles. The molecule has 0 unspecified atom stereocenters. The molecule has 3 heterocycles. The van der Waals surface area contributed by atoms with E-state index in [2.05, 4.69) is 9.97 Å². The normalized spacial score (nSPS) is 11.2. The molecule has 0 radical (unpaired) electrons. The molecule has 0 amide bonds. The van der Waals surface area contributed by atoms with Gasteiger partial charge in [0.2, 0.25) is 0 Å². The van der Waals surface area contributed by atoms with Gasteiger partial charge in [-0.15, -0.1) is 11.6 Å². The maximum atomic E-state index is 6.03. The SMILES string of the molecule is Cc1nccn1-c1nc2ccccn2c1CCl. The van der Waals surface area contributed by atoms with E-state index in [9.17, 15) is 0 Å². The number of pyridine rings is 1. The third-order valence-electron chi connectivity index (χ3n) is 2.79. The Kier molecular flexibility index (Phi) is 2.37. The van der Waals surface area contributed by atoms with Gasteiger partial charge in [-0.1, -0.05) is 6.07 Å². The van der Waals surface area contributed by atoms with E-state index in [0.29, 0.717) is 5.88 Å². The summed E-state index contributed by atoms with van der Waals surface area (Å²) >= 11 is 6.03. The maximum Gasteiger partial charge on any atom is 0.161 e. The average Bonchev–Trinajstić information content (AvgIpc) is 2.91. The molecule has 0 aliphatic heterocycles. The Morgan fingerprint density at radius 2 is 2.18 bits per heavy atom. The van der Waals surface area contributed by atoms with Gasteiger partial charge in [0.25, 0.3) is 0 Å². The second-order valence-electron chi connectivity index (χ2n) is 3.79. The third-order valence-corrected chi connectivity index (χ3v) is 3.04. The summed E-state index contributed by atoms with van der Waals surface area (Å²) < 4.78 is 3.95. The lowest BCUT2D eigenvalue weighted by atomic mass is 10.4. The quantitative estimate of drug-likeness (QED) is 0.652. The average molecular weight is 247 g/mol. The van der Waals surface area contributed by atoms with Crippen molar-refractivity contribution in [2.75, 3.05) is 0 Å². The minimum Gasteiger partial charge on any atom is -0.301 e. The monoisotopic (exact) mass is 246 g/mol. The molecule has 17 heavy (non-hydrogen) atoms. The molecular formula is C12H11ClN4. The third kappa shape index (κ3) is 1.52. The molecule has 0 spiro atoms. The van der Waals surface area contributed by atoms with Crippen molar-refractivity contribution in [2.45, 2.75) is 12.8 Å². The van der Waals surface area contributed by atoms with E-state index in [4.69, 9.17) is 11.6 Å². The van der Waals surface area contributed by atoms with Crippen LogP contribution in [-0.4, -0.2) is 18.9 Å². The van der Waals surface area contributed by atoms with Crippen LogP contribution in [0.4, 0.5) is 0 Å². The van der Waals surface area contributed by atoms with Crippen LogP contribution in [0.3, 0.4) is 0 Å². The molecule has 0 bridgehead atoms. The molecule has 5 heteroatoms. The van der Waals surface area contributed by atoms with Crippen LogP contribution >= 0.6 is 11.6 Å². The number of hydrogen-bond donors (Lipinski definition) is 0. The Labute approximate surface area is 103 Å². The minimum absolute atomic E-state index is 0.415. The van der Waals surface area contributed by atoms with Crippen molar-refractivity contribution >= 4 is 17.2 Å². The largest absolute Gasteiger partial charge is 0.301 e. The highest BCUT2D eigenvalue weighted by atomic mass is 35.5. The van der Waals surface area contributed by atoms with Gasteiger partial charge >= 0.3 is 0 Å². The first-order valence-corrected chi connectivity index (χ1v) is 5.87. The number of imidazole rings is 2. The lowest BCUT2D eigenvalue weighted by molar-refractivity contribution is 0.925. The van der Waals surface area contributed by atoms with Crippen LogP contribution in [0.15, 0.2) is 36.8 Å². The Balaban J connectivity index is 2.33. The van der Waals surface area contributed by atoms with Gasteiger partial charge in [-0.2, -0.15) is 0 Å². The number of nitrogens with zero attached hydrogens (tertiary/aromatic N) is 4. The van der Waals surface area contributed by atoms with Crippen molar-refractivity contribution in [1.29, 1.82) is 0 Å². The van der Waals surface area contributed by atoms with E-state index in [1.165, 1.54) is 0 Å². The molecule has 4 nitrogen and oxygen atoms in total. The zero-order valence-corrected chi connectivity index (χ0v) is 10.1. The first-order chi connectivity index (χ1) is 8.31. The fourth-order valence-corrected chi connectivity index (χ4v) is 2.20. The lowest BCUT2D eigenvalue weighted by Crippen LogP contribution is -2.00. The molecular weight excluding hydrogens is 236 g/mol. The van der Waals surface area contributed by atoms with Crippen molar-refractivity contribution < 1.29 is 0 Å². The predicted octanol–water partition coefficient (Wildman–Crippen LogP) is 2.57. The van der Waals surface area contributed by atoms with Crippen molar-refractivity contribution in [1.82, 2.24) is 18.9 Å². The van der Waals surface area contributed by atoms with E-state index < -0.39 is 0 Å². The summed E-state index contributed by atoms with van der Waals surface area (Å²) in [6.07, 6.45) is 5.63. The highest BCUT2D eigenvalue weighted by Crippen LogP contribution is 2.19. The van der Waals surface area contributed by atoms with E-state index in [0.717, 1.165) is 23.0 Å². The summed E-state index contributed by atoms with van der Waals surface area (Å²) in [6, 6.07) is 5.89. The van der Waals surface area contributed by atoms with E-state index in [1.807, 2.05) is 46.5 Å². The van der Waals surface area contributed by atoms with Gasteiger partial charge in [-0.25, -0.2) is 9.97 Å². The number of halogens is 1. The van der Waals surface area contributed by atoms with Crippen LogP contribution in [0, 0.1) is 6.92 Å². The molecule has 0 atom stereocenters. The zero-order chi connectivity index (χ0) is 11.8. The Morgan fingerprint density at radius 1 is 1.29 bits per heavy atom. The number of aromatic nitrogens is 4. The number of rotatable bonds is 2. The summed E-state index contributed by atoms with van der Waals surface area (Å²) in [5.41, 5.74) is 1.87. The highest BCUT2D eigenvalue weighted by molar-refractivity contribution is 6.17. The van der Waals surface area contributed by atoms with Gasteiger partial charge in [-0.05, 0) is 19.1 Å². The maximum absolute atomic E-state index is 6.03. The summed E-state index contributed by atoms with van der Waals surface area (Å²) in [7, 11) is 0. The van der Waals surface area contributed by atoms with Gasteiger partial charge in [0.15, 0.2) is 5.82 Å². The first kappa shape index (κ1) is 10.4. The summed E-state index contributed by atoms with van der Waals surface area (Å²) in [5, 5.41) is 0. The van der Waals surface area contributed by atoms with Gasteiger partial charge in [0, 0.05) is 18.6 Å². The van der Waals surface area contributed by atoms with Gasteiger partial charge in [-0.3, -0.25) is 4.57 Å². The molecule has 3 aromatic rings. The van der Waals surface area contributed by atoms with Crippen molar-refractivity contribution in [2.24, 2.45) is 0 Å². The number of hydrogen-bond acceptors (Lipinski definition) is 2. The van der Waals surface area contributed by atoms with Crippen LogP contribution in [0.25, 0.3) is 11.5 Å². The van der Waals surface area contributed by atoms with Crippen molar-refractivity contribution in [3.05, 3.63) is 48.3 Å². The Bertz CT molecular complexity index is 668. The van der Waals surface area contributed by atoms with Crippen LogP contribution in [-0.2, 0) is 5.88 Å². The molecule has 0 aliphatic rings. The molecule has 86 valence electrons. The van der Waals surface area contributed by atoms with E-state index in [-0.39, 0.29) is 0 Å². The van der Waals surface area contributed by atoms with Crippen LogP contribution in [0.2, 0.25) is 0 Å². The molecule has 0 N–H and O–H groups in total. The number of aryl methyl sites for hydroxylation is 1. The summed E-state index contributed by atoms with van der Waals surface area (Å²) in [5.74, 6) is 2.17.